The van der Waals surface area contributed by atoms with Crippen LogP contribution in [0.2, 0.25) is 0 Å². The lowest BCUT2D eigenvalue weighted by Gasteiger charge is -2.15. The second kappa shape index (κ2) is 7.87. The number of nitrogens with two attached hydrogens (primary N) is 1. The lowest BCUT2D eigenvalue weighted by molar-refractivity contribution is 0.102. The van der Waals surface area contributed by atoms with Crippen LogP contribution in [0.15, 0.2) is 48.5 Å². The van der Waals surface area contributed by atoms with Crippen molar-refractivity contribution in [1.29, 1.82) is 0 Å². The highest BCUT2D eigenvalue weighted by Crippen LogP contribution is 2.18. The van der Waals surface area contributed by atoms with E-state index in [0.717, 1.165) is 16.9 Å². The van der Waals surface area contributed by atoms with Crippen molar-refractivity contribution in [2.75, 3.05) is 22.9 Å². The summed E-state index contributed by atoms with van der Waals surface area (Å²) < 4.78 is 0. The number of carbonyl (C=O) groups is 1. The van der Waals surface area contributed by atoms with Crippen LogP contribution in [-0.2, 0) is 0 Å². The van der Waals surface area contributed by atoms with Crippen LogP contribution in [-0.4, -0.2) is 24.2 Å². The Bertz CT molecular complexity index is 645. The van der Waals surface area contributed by atoms with Crippen LogP contribution in [0.25, 0.3) is 0 Å². The Morgan fingerprint density at radius 3 is 2.73 bits per heavy atom. The Morgan fingerprint density at radius 1 is 1.23 bits per heavy atom. The number of benzene rings is 2. The number of nitrogens with one attached hydrogen (secondary N) is 2. The maximum absolute atomic E-state index is 12.5. The number of anilines is 2. The van der Waals surface area contributed by atoms with E-state index in [4.69, 9.17) is 5.73 Å². The number of carbonyl (C=O) groups excluding carboxylic acids is 1. The van der Waals surface area contributed by atoms with E-state index in [1.165, 1.54) is 0 Å². The summed E-state index contributed by atoms with van der Waals surface area (Å²) in [6, 6.07) is 15.0. The van der Waals surface area contributed by atoms with Crippen molar-refractivity contribution in [2.24, 2.45) is 5.73 Å². The summed E-state index contributed by atoms with van der Waals surface area (Å²) in [6.07, 6.45) is 0. The van der Waals surface area contributed by atoms with Gasteiger partial charge in [0, 0.05) is 29.7 Å². The highest BCUT2D eigenvalue weighted by atomic mass is 32.1. The number of hydrogen-bond acceptors (Lipinski definition) is 4. The Hall–Kier alpha value is -1.98. The minimum atomic E-state index is -0.145. The third-order valence-electron chi connectivity index (χ3n) is 3.24. The number of hydrogen-bond donors (Lipinski definition) is 4. The average Bonchev–Trinajstić information content (AvgIpc) is 2.52. The maximum Gasteiger partial charge on any atom is 0.257 e. The molecule has 0 bridgehead atoms. The lowest BCUT2D eigenvalue weighted by Crippen LogP contribution is -2.31. The van der Waals surface area contributed by atoms with Crippen LogP contribution < -0.4 is 16.4 Å². The number of aryl methyl sites for hydroxylation is 1. The summed E-state index contributed by atoms with van der Waals surface area (Å²) >= 11 is 4.16. The predicted octanol–water partition coefficient (Wildman–Crippen LogP) is 2.92. The zero-order valence-corrected chi connectivity index (χ0v) is 13.4. The Morgan fingerprint density at radius 2 is 2.00 bits per heavy atom. The van der Waals surface area contributed by atoms with E-state index in [1.807, 2.05) is 49.4 Å². The van der Waals surface area contributed by atoms with Crippen LogP contribution in [0.3, 0.4) is 0 Å². The summed E-state index contributed by atoms with van der Waals surface area (Å²) in [5.74, 6) is 0.443. The lowest BCUT2D eigenvalue weighted by atomic mass is 10.1. The molecule has 2 aromatic rings. The molecule has 116 valence electrons. The highest BCUT2D eigenvalue weighted by molar-refractivity contribution is 7.80. The van der Waals surface area contributed by atoms with Crippen LogP contribution in [0.1, 0.15) is 15.9 Å². The molecule has 2 rings (SSSR count). The Balaban J connectivity index is 2.12. The molecule has 0 radical (unpaired) electrons. The third-order valence-corrected chi connectivity index (χ3v) is 3.71. The van der Waals surface area contributed by atoms with Gasteiger partial charge in [0.05, 0.1) is 5.56 Å². The number of thiol groups is 1. The van der Waals surface area contributed by atoms with Crippen molar-refractivity contribution in [3.8, 4) is 0 Å². The number of rotatable bonds is 6. The van der Waals surface area contributed by atoms with E-state index in [1.54, 1.807) is 6.07 Å². The minimum Gasteiger partial charge on any atom is -0.383 e. The standard InChI is InChI=1S/C17H21N3OS/c1-12-5-4-6-14(9-12)20-17(21)15-7-2-3-8-16(15)19-10-13(18)11-22/h2-9,13,19,22H,10-11,18H2,1H3,(H,20,21)/t13-/m1/s1. The molecule has 0 saturated carbocycles. The first-order valence-electron chi connectivity index (χ1n) is 7.17. The van der Waals surface area contributed by atoms with Gasteiger partial charge >= 0.3 is 0 Å². The third kappa shape index (κ3) is 4.51. The van der Waals surface area contributed by atoms with Gasteiger partial charge in [-0.05, 0) is 36.8 Å². The fourth-order valence-corrected chi connectivity index (χ4v) is 2.19. The molecule has 0 unspecified atom stereocenters. The molecular formula is C17H21N3OS. The number of amides is 1. The summed E-state index contributed by atoms with van der Waals surface area (Å²) in [5, 5.41) is 6.12. The monoisotopic (exact) mass is 315 g/mol. The second-order valence-electron chi connectivity index (χ2n) is 5.19. The molecule has 1 atom stereocenters. The molecule has 0 aliphatic heterocycles. The van der Waals surface area contributed by atoms with Gasteiger partial charge in [-0.3, -0.25) is 4.79 Å². The molecule has 0 spiro atoms. The van der Waals surface area contributed by atoms with Gasteiger partial charge in [0.25, 0.3) is 5.91 Å². The predicted molar refractivity (Wildman–Crippen MR) is 95.9 cm³/mol. The quantitative estimate of drug-likeness (QED) is 0.620. The van der Waals surface area contributed by atoms with E-state index in [0.29, 0.717) is 17.9 Å². The molecule has 0 saturated heterocycles. The van der Waals surface area contributed by atoms with Crippen molar-refractivity contribution in [3.63, 3.8) is 0 Å². The fraction of sp³-hybridized carbons (Fsp3) is 0.235. The molecule has 22 heavy (non-hydrogen) atoms. The van der Waals surface area contributed by atoms with Gasteiger partial charge < -0.3 is 16.4 Å². The van der Waals surface area contributed by atoms with E-state index in [-0.39, 0.29) is 11.9 Å². The van der Waals surface area contributed by atoms with E-state index >= 15 is 0 Å². The summed E-state index contributed by atoms with van der Waals surface area (Å²) in [5.41, 5.74) is 9.09. The van der Waals surface area contributed by atoms with Crippen molar-refractivity contribution in [1.82, 2.24) is 0 Å². The highest BCUT2D eigenvalue weighted by Gasteiger charge is 2.11. The Labute approximate surface area is 136 Å². The van der Waals surface area contributed by atoms with Crippen LogP contribution in [0, 0.1) is 6.92 Å². The summed E-state index contributed by atoms with van der Waals surface area (Å²) in [6.45, 7) is 2.56. The van der Waals surface area contributed by atoms with Crippen molar-refractivity contribution in [3.05, 3.63) is 59.7 Å². The van der Waals surface area contributed by atoms with Gasteiger partial charge in [-0.1, -0.05) is 24.3 Å². The second-order valence-corrected chi connectivity index (χ2v) is 5.56. The largest absolute Gasteiger partial charge is 0.383 e. The summed E-state index contributed by atoms with van der Waals surface area (Å²) in [7, 11) is 0. The minimum absolute atomic E-state index is 0.0591. The zero-order chi connectivity index (χ0) is 15.9. The normalized spacial score (nSPS) is 11.8. The van der Waals surface area contributed by atoms with Crippen molar-refractivity contribution >= 4 is 29.9 Å². The molecular weight excluding hydrogens is 294 g/mol. The first-order chi connectivity index (χ1) is 10.6. The summed E-state index contributed by atoms with van der Waals surface area (Å²) in [4.78, 5) is 12.5. The molecule has 4 nitrogen and oxygen atoms in total. The van der Waals surface area contributed by atoms with Gasteiger partial charge in [0.1, 0.15) is 0 Å². The first-order valence-corrected chi connectivity index (χ1v) is 7.80. The maximum atomic E-state index is 12.5. The molecule has 0 heterocycles. The smallest absolute Gasteiger partial charge is 0.257 e. The molecule has 0 aromatic heterocycles. The van der Waals surface area contributed by atoms with E-state index in [9.17, 15) is 4.79 Å². The molecule has 1 amide bonds. The Kier molecular flexibility index (Phi) is 5.86. The zero-order valence-electron chi connectivity index (χ0n) is 12.5. The molecule has 2 aromatic carbocycles. The van der Waals surface area contributed by atoms with Gasteiger partial charge in [-0.2, -0.15) is 12.6 Å². The fourth-order valence-electron chi connectivity index (χ4n) is 2.06. The van der Waals surface area contributed by atoms with Crippen LogP contribution in [0.4, 0.5) is 11.4 Å². The van der Waals surface area contributed by atoms with Crippen LogP contribution >= 0.6 is 12.6 Å². The molecule has 0 aliphatic rings. The van der Waals surface area contributed by atoms with Gasteiger partial charge in [-0.15, -0.1) is 0 Å². The van der Waals surface area contributed by atoms with Crippen LogP contribution in [0.5, 0.6) is 0 Å². The van der Waals surface area contributed by atoms with E-state index in [2.05, 4.69) is 23.3 Å². The molecule has 5 heteroatoms. The average molecular weight is 315 g/mol. The first kappa shape index (κ1) is 16.4. The van der Waals surface area contributed by atoms with E-state index < -0.39 is 0 Å². The molecule has 0 fully saturated rings. The van der Waals surface area contributed by atoms with Gasteiger partial charge in [0.2, 0.25) is 0 Å². The SMILES string of the molecule is Cc1cccc(NC(=O)c2ccccc2NC[C@@H](N)CS)c1. The van der Waals surface area contributed by atoms with Crippen molar-refractivity contribution in [2.45, 2.75) is 13.0 Å². The molecule has 0 aliphatic carbocycles. The van der Waals surface area contributed by atoms with Crippen molar-refractivity contribution < 1.29 is 4.79 Å². The van der Waals surface area contributed by atoms with Gasteiger partial charge in [0.15, 0.2) is 0 Å². The van der Waals surface area contributed by atoms with Gasteiger partial charge in [-0.25, -0.2) is 0 Å². The number of para-hydroxylation sites is 1. The topological polar surface area (TPSA) is 67.2 Å². The molecule has 4 N–H and O–H groups in total.